The molecule has 0 spiro atoms. The lowest BCUT2D eigenvalue weighted by Crippen LogP contribution is -2.49. The molecule has 4 saturated carbocycles. The van der Waals surface area contributed by atoms with Crippen LogP contribution in [0.5, 0.6) is 5.75 Å². The van der Waals surface area contributed by atoms with Crippen LogP contribution in [-0.4, -0.2) is 25.3 Å². The minimum Gasteiger partial charge on any atom is -0.543 e. The number of hydrogen-bond acceptors (Lipinski definition) is 4. The Morgan fingerprint density at radius 3 is 2.08 bits per heavy atom. The number of nitrogens with one attached hydrogen (secondary N) is 1. The van der Waals surface area contributed by atoms with Crippen LogP contribution >= 0.6 is 0 Å². The first-order valence-electron chi connectivity index (χ1n) is 13.5. The third-order valence-corrected chi connectivity index (χ3v) is 13.9. The summed E-state index contributed by atoms with van der Waals surface area (Å²) in [6, 6.07) is 10.2. The molecule has 0 radical (unpaired) electrons. The molecule has 37 heavy (non-hydrogen) atoms. The predicted octanol–water partition coefficient (Wildman–Crippen LogP) is 7.07. The van der Waals surface area contributed by atoms with E-state index in [-0.39, 0.29) is 21.9 Å². The first kappa shape index (κ1) is 25.8. The minimum absolute atomic E-state index is 0.0605. The summed E-state index contributed by atoms with van der Waals surface area (Å²) in [7, 11) is -2.09. The number of nitrogen functional groups attached to an aromatic ring is 1. The number of carboxylic acids is 1. The summed E-state index contributed by atoms with van der Waals surface area (Å²) in [6.07, 6.45) is 7.55. The zero-order valence-electron chi connectivity index (χ0n) is 22.7. The molecular weight excluding hydrogens is 480 g/mol. The molecular formula is C30H40N2O4Si. The highest BCUT2D eigenvalue weighted by atomic mass is 28.4. The fourth-order valence-electron chi connectivity index (χ4n) is 7.04. The number of rotatable bonds is 6. The quantitative estimate of drug-likeness (QED) is 0.279. The maximum Gasteiger partial charge on any atom is 0.335 e. The second-order valence-electron chi connectivity index (χ2n) is 13.3. The van der Waals surface area contributed by atoms with Crippen molar-refractivity contribution in [2.24, 2.45) is 17.8 Å². The lowest BCUT2D eigenvalue weighted by Gasteiger charge is -2.57. The van der Waals surface area contributed by atoms with Gasteiger partial charge in [-0.2, -0.15) is 0 Å². The van der Waals surface area contributed by atoms with Crippen molar-refractivity contribution >= 4 is 31.6 Å². The molecule has 4 aliphatic rings. The molecule has 0 aliphatic heterocycles. The average Bonchev–Trinajstić information content (AvgIpc) is 2.78. The topological polar surface area (TPSA) is 102 Å². The molecule has 4 bridgehead atoms. The fraction of sp³-hybridized carbons (Fsp3) is 0.533. The number of amides is 1. The Bertz CT molecular complexity index is 1210. The van der Waals surface area contributed by atoms with Crippen molar-refractivity contribution in [3.63, 3.8) is 0 Å². The molecule has 0 saturated heterocycles. The highest BCUT2D eigenvalue weighted by molar-refractivity contribution is 6.74. The monoisotopic (exact) mass is 520 g/mol. The summed E-state index contributed by atoms with van der Waals surface area (Å²) >= 11 is 0. The third kappa shape index (κ3) is 4.78. The Morgan fingerprint density at radius 1 is 0.973 bits per heavy atom. The van der Waals surface area contributed by atoms with Gasteiger partial charge in [0, 0.05) is 5.56 Å². The van der Waals surface area contributed by atoms with Crippen molar-refractivity contribution in [3.8, 4) is 5.75 Å². The maximum atomic E-state index is 13.4. The Hall–Kier alpha value is -2.80. The first-order valence-corrected chi connectivity index (χ1v) is 16.4. The molecule has 6 nitrogen and oxygen atoms in total. The second-order valence-corrected chi connectivity index (χ2v) is 18.1. The number of aromatic carboxylic acids is 1. The highest BCUT2D eigenvalue weighted by Crippen LogP contribution is 2.62. The van der Waals surface area contributed by atoms with Gasteiger partial charge in [-0.25, -0.2) is 4.79 Å². The van der Waals surface area contributed by atoms with Crippen molar-refractivity contribution in [2.75, 3.05) is 11.1 Å². The van der Waals surface area contributed by atoms with Crippen molar-refractivity contribution in [1.82, 2.24) is 0 Å². The van der Waals surface area contributed by atoms with Crippen molar-refractivity contribution < 1.29 is 19.1 Å². The number of hydrogen-bond donors (Lipinski definition) is 3. The van der Waals surface area contributed by atoms with Gasteiger partial charge in [0.15, 0.2) is 0 Å². The van der Waals surface area contributed by atoms with Crippen LogP contribution in [0.1, 0.15) is 85.6 Å². The van der Waals surface area contributed by atoms with Gasteiger partial charge in [0.2, 0.25) is 8.32 Å². The number of benzene rings is 2. The van der Waals surface area contributed by atoms with E-state index in [1.54, 1.807) is 0 Å². The molecule has 2 aromatic carbocycles. The molecule has 4 fully saturated rings. The second kappa shape index (κ2) is 8.90. The van der Waals surface area contributed by atoms with E-state index < -0.39 is 14.3 Å². The van der Waals surface area contributed by atoms with Gasteiger partial charge in [-0.05, 0) is 122 Å². The summed E-state index contributed by atoms with van der Waals surface area (Å²) in [5.41, 5.74) is 8.58. The molecule has 4 N–H and O–H groups in total. The van der Waals surface area contributed by atoms with Gasteiger partial charge >= 0.3 is 5.97 Å². The van der Waals surface area contributed by atoms with Gasteiger partial charge in [0.05, 0.1) is 16.9 Å². The molecule has 0 atom stereocenters. The number of carbonyl (C=O) groups is 2. The number of nitrogens with two attached hydrogens (primary N) is 1. The van der Waals surface area contributed by atoms with Gasteiger partial charge in [-0.1, -0.05) is 20.8 Å². The smallest absolute Gasteiger partial charge is 0.335 e. The lowest BCUT2D eigenvalue weighted by molar-refractivity contribution is -0.00588. The van der Waals surface area contributed by atoms with Crippen LogP contribution in [0.15, 0.2) is 36.4 Å². The van der Waals surface area contributed by atoms with E-state index in [9.17, 15) is 14.7 Å². The Labute approximate surface area is 221 Å². The largest absolute Gasteiger partial charge is 0.543 e. The Kier molecular flexibility index (Phi) is 6.21. The molecule has 4 aliphatic carbocycles. The van der Waals surface area contributed by atoms with E-state index in [1.165, 1.54) is 62.3 Å². The van der Waals surface area contributed by atoms with Crippen molar-refractivity contribution in [3.05, 3.63) is 53.1 Å². The molecule has 0 heterocycles. The summed E-state index contributed by atoms with van der Waals surface area (Å²) in [5, 5.41) is 12.3. The van der Waals surface area contributed by atoms with Gasteiger partial charge in [0.25, 0.3) is 5.91 Å². The van der Waals surface area contributed by atoms with Crippen LogP contribution in [0.3, 0.4) is 0 Å². The molecule has 1 amide bonds. The van der Waals surface area contributed by atoms with E-state index in [4.69, 9.17) is 10.2 Å². The van der Waals surface area contributed by atoms with E-state index in [0.717, 1.165) is 23.5 Å². The van der Waals surface area contributed by atoms with Gasteiger partial charge < -0.3 is 20.6 Å². The van der Waals surface area contributed by atoms with Crippen LogP contribution in [0.2, 0.25) is 18.1 Å². The van der Waals surface area contributed by atoms with Gasteiger partial charge in [-0.3, -0.25) is 4.79 Å². The van der Waals surface area contributed by atoms with Crippen LogP contribution in [-0.2, 0) is 5.41 Å². The van der Waals surface area contributed by atoms with Gasteiger partial charge in [0.1, 0.15) is 5.75 Å². The Balaban J connectivity index is 1.53. The van der Waals surface area contributed by atoms with Crippen LogP contribution in [0, 0.1) is 17.8 Å². The molecule has 6 rings (SSSR count). The first-order chi connectivity index (χ1) is 17.3. The summed E-state index contributed by atoms with van der Waals surface area (Å²) in [4.78, 5) is 24.9. The number of anilines is 2. The zero-order chi connectivity index (χ0) is 26.8. The molecule has 198 valence electrons. The summed E-state index contributed by atoms with van der Waals surface area (Å²) in [5.74, 6) is 1.89. The fourth-order valence-corrected chi connectivity index (χ4v) is 8.07. The van der Waals surface area contributed by atoms with E-state index in [0.29, 0.717) is 16.9 Å². The van der Waals surface area contributed by atoms with Crippen molar-refractivity contribution in [1.29, 1.82) is 0 Å². The minimum atomic E-state index is -2.09. The highest BCUT2D eigenvalue weighted by Gasteiger charge is 2.53. The number of carbonyl (C=O) groups excluding carboxylic acids is 1. The van der Waals surface area contributed by atoms with E-state index in [2.05, 4.69) is 45.2 Å². The molecule has 0 aromatic heterocycles. The standard InChI is InChI=1S/C30H40N2O4Si/c1-29(2,3)37(4,5)36-26-9-7-21(27(33)32-25-14-22(28(34)35)6-8-24(25)31)13-23(26)30-15-18-10-19(16-30)12-20(11-18)17-30/h6-9,13-14,18-20H,10-12,15-17,31H2,1-5H3,(H,32,33)(H,34,35). The van der Waals surface area contributed by atoms with E-state index in [1.807, 2.05) is 12.1 Å². The zero-order valence-corrected chi connectivity index (χ0v) is 23.7. The molecule has 0 unspecified atom stereocenters. The van der Waals surface area contributed by atoms with Crippen LogP contribution in [0.4, 0.5) is 11.4 Å². The summed E-state index contributed by atoms with van der Waals surface area (Å²) < 4.78 is 6.92. The van der Waals surface area contributed by atoms with Crippen LogP contribution < -0.4 is 15.5 Å². The SMILES string of the molecule is CC(C)(C)[Si](C)(C)Oc1ccc(C(=O)Nc2cc(C(=O)O)ccc2N)cc1C12CC3CC(CC(C3)C1)C2. The average molecular weight is 521 g/mol. The number of carboxylic acid groups (broad SMARTS) is 1. The van der Waals surface area contributed by atoms with Crippen molar-refractivity contribution in [2.45, 2.75) is 82.8 Å². The van der Waals surface area contributed by atoms with Gasteiger partial charge in [-0.15, -0.1) is 0 Å². The maximum absolute atomic E-state index is 13.4. The molecule has 7 heteroatoms. The van der Waals surface area contributed by atoms with E-state index >= 15 is 0 Å². The predicted molar refractivity (Wildman–Crippen MR) is 150 cm³/mol. The normalized spacial score (nSPS) is 26.7. The summed E-state index contributed by atoms with van der Waals surface area (Å²) in [6.45, 7) is 11.3. The third-order valence-electron chi connectivity index (χ3n) is 9.57. The van der Waals surface area contributed by atoms with Crippen LogP contribution in [0.25, 0.3) is 0 Å². The molecule has 2 aromatic rings. The lowest BCUT2D eigenvalue weighted by atomic mass is 9.48. The Morgan fingerprint density at radius 2 is 1.54 bits per heavy atom.